The molecule has 1 aromatic carbocycles. The summed E-state index contributed by atoms with van der Waals surface area (Å²) < 4.78 is 0. The zero-order chi connectivity index (χ0) is 15.2. The molecule has 0 fully saturated rings. The van der Waals surface area contributed by atoms with Crippen LogP contribution in [0.5, 0.6) is 0 Å². The second-order valence-corrected chi connectivity index (χ2v) is 4.67. The summed E-state index contributed by atoms with van der Waals surface area (Å²) in [6, 6.07) is 8.26. The molecule has 21 heavy (non-hydrogen) atoms. The van der Waals surface area contributed by atoms with Gasteiger partial charge in [-0.05, 0) is 25.0 Å². The van der Waals surface area contributed by atoms with Gasteiger partial charge in [0.15, 0.2) is 0 Å². The van der Waals surface area contributed by atoms with E-state index in [4.69, 9.17) is 5.73 Å². The highest BCUT2D eigenvalue weighted by atomic mass is 16.2. The summed E-state index contributed by atoms with van der Waals surface area (Å²) in [6.45, 7) is 3.60. The van der Waals surface area contributed by atoms with Gasteiger partial charge in [0.1, 0.15) is 6.04 Å². The lowest BCUT2D eigenvalue weighted by atomic mass is 10.1. The molecule has 0 spiro atoms. The summed E-state index contributed by atoms with van der Waals surface area (Å²) in [4.78, 5) is 28.0. The number of nitrogens with zero attached hydrogens (tertiary/aromatic N) is 1. The molecule has 0 aliphatic carbocycles. The third kappa shape index (κ3) is 3.45. The standard InChI is InChI=1S/C16H17N3O2/c1-2-3-7-14(15(17)20)19-16(21)12-9-10-18-13-8-5-4-6-11(12)13/h2,4-6,8-10,14H,1,3,7H2,(H2,17,20)(H,19,21)/t14-/m0/s1. The predicted molar refractivity (Wildman–Crippen MR) is 81.6 cm³/mol. The monoisotopic (exact) mass is 283 g/mol. The van der Waals surface area contributed by atoms with Gasteiger partial charge in [-0.25, -0.2) is 0 Å². The first-order chi connectivity index (χ1) is 10.1. The third-order valence-electron chi connectivity index (χ3n) is 3.20. The molecule has 2 rings (SSSR count). The Morgan fingerprint density at radius 3 is 2.81 bits per heavy atom. The first-order valence-corrected chi connectivity index (χ1v) is 6.68. The van der Waals surface area contributed by atoms with E-state index < -0.39 is 11.9 Å². The predicted octanol–water partition coefficient (Wildman–Crippen LogP) is 1.78. The zero-order valence-corrected chi connectivity index (χ0v) is 11.6. The summed E-state index contributed by atoms with van der Waals surface area (Å²) in [5, 5.41) is 3.41. The number of benzene rings is 1. The minimum atomic E-state index is -0.706. The van der Waals surface area contributed by atoms with Crippen LogP contribution < -0.4 is 11.1 Å². The van der Waals surface area contributed by atoms with E-state index in [1.807, 2.05) is 24.3 Å². The van der Waals surface area contributed by atoms with Crippen LogP contribution in [0.2, 0.25) is 0 Å². The number of allylic oxidation sites excluding steroid dienone is 1. The van der Waals surface area contributed by atoms with Crippen molar-refractivity contribution in [1.82, 2.24) is 10.3 Å². The maximum atomic E-state index is 12.4. The van der Waals surface area contributed by atoms with Gasteiger partial charge in [0.2, 0.25) is 5.91 Å². The molecule has 1 atom stereocenters. The molecule has 1 heterocycles. The largest absolute Gasteiger partial charge is 0.368 e. The molecule has 2 aromatic rings. The van der Waals surface area contributed by atoms with Crippen LogP contribution in [0.1, 0.15) is 23.2 Å². The quantitative estimate of drug-likeness (QED) is 0.792. The number of carbonyl (C=O) groups excluding carboxylic acids is 2. The summed E-state index contributed by atoms with van der Waals surface area (Å²) in [5.41, 5.74) is 6.52. The first kappa shape index (κ1) is 14.7. The molecule has 0 saturated heterocycles. The van der Waals surface area contributed by atoms with E-state index in [1.165, 1.54) is 0 Å². The van der Waals surface area contributed by atoms with Gasteiger partial charge in [-0.3, -0.25) is 14.6 Å². The van der Waals surface area contributed by atoms with Crippen LogP contribution in [-0.2, 0) is 4.79 Å². The van der Waals surface area contributed by atoms with Crippen molar-refractivity contribution < 1.29 is 9.59 Å². The molecular weight excluding hydrogens is 266 g/mol. The molecule has 0 unspecified atom stereocenters. The minimum absolute atomic E-state index is 0.332. The van der Waals surface area contributed by atoms with Crippen LogP contribution in [-0.4, -0.2) is 22.8 Å². The molecule has 0 saturated carbocycles. The lowest BCUT2D eigenvalue weighted by Gasteiger charge is -2.15. The number of nitrogens with two attached hydrogens (primary N) is 1. The van der Waals surface area contributed by atoms with Crippen molar-refractivity contribution in [1.29, 1.82) is 0 Å². The van der Waals surface area contributed by atoms with E-state index in [2.05, 4.69) is 16.9 Å². The number of fused-ring (bicyclic) bond motifs is 1. The normalized spacial score (nSPS) is 11.8. The van der Waals surface area contributed by atoms with Crippen molar-refractivity contribution in [3.63, 3.8) is 0 Å². The van der Waals surface area contributed by atoms with E-state index in [9.17, 15) is 9.59 Å². The Labute approximate surface area is 122 Å². The molecule has 3 N–H and O–H groups in total. The maximum Gasteiger partial charge on any atom is 0.252 e. The number of amides is 2. The SMILES string of the molecule is C=CCC[C@H](NC(=O)c1ccnc2ccccc12)C(N)=O. The first-order valence-electron chi connectivity index (χ1n) is 6.68. The summed E-state index contributed by atoms with van der Waals surface area (Å²) in [7, 11) is 0. The number of pyridine rings is 1. The van der Waals surface area contributed by atoms with E-state index >= 15 is 0 Å². The summed E-state index contributed by atoms with van der Waals surface area (Å²) in [6.07, 6.45) is 4.29. The molecule has 5 nitrogen and oxygen atoms in total. The highest BCUT2D eigenvalue weighted by Gasteiger charge is 2.19. The van der Waals surface area contributed by atoms with Crippen LogP contribution in [0, 0.1) is 0 Å². The number of carbonyl (C=O) groups is 2. The molecule has 0 bridgehead atoms. The fraction of sp³-hybridized carbons (Fsp3) is 0.188. The van der Waals surface area contributed by atoms with Crippen molar-refractivity contribution in [2.75, 3.05) is 0 Å². The molecule has 0 aliphatic heterocycles. The molecule has 108 valence electrons. The fourth-order valence-corrected chi connectivity index (χ4v) is 2.10. The number of primary amides is 1. The molecular formula is C16H17N3O2. The molecule has 2 amide bonds. The van der Waals surface area contributed by atoms with Crippen LogP contribution in [0.15, 0.2) is 49.2 Å². The van der Waals surface area contributed by atoms with Gasteiger partial charge in [-0.2, -0.15) is 0 Å². The Balaban J connectivity index is 2.25. The lowest BCUT2D eigenvalue weighted by Crippen LogP contribution is -2.44. The fourth-order valence-electron chi connectivity index (χ4n) is 2.10. The average molecular weight is 283 g/mol. The van der Waals surface area contributed by atoms with Crippen molar-refractivity contribution in [3.05, 3.63) is 54.7 Å². The van der Waals surface area contributed by atoms with Crippen molar-refractivity contribution in [2.24, 2.45) is 5.73 Å². The van der Waals surface area contributed by atoms with Gasteiger partial charge in [0.25, 0.3) is 5.91 Å². The van der Waals surface area contributed by atoms with Gasteiger partial charge < -0.3 is 11.1 Å². The Morgan fingerprint density at radius 2 is 2.10 bits per heavy atom. The number of hydrogen-bond donors (Lipinski definition) is 2. The zero-order valence-electron chi connectivity index (χ0n) is 11.6. The Hall–Kier alpha value is -2.69. The summed E-state index contributed by atoms with van der Waals surface area (Å²) in [5.74, 6) is -0.884. The second-order valence-electron chi connectivity index (χ2n) is 4.67. The van der Waals surface area contributed by atoms with Crippen molar-refractivity contribution >= 4 is 22.7 Å². The molecule has 5 heteroatoms. The van der Waals surface area contributed by atoms with E-state index in [0.717, 1.165) is 10.9 Å². The Bertz CT molecular complexity index is 677. The molecule has 0 radical (unpaired) electrons. The van der Waals surface area contributed by atoms with Gasteiger partial charge in [-0.15, -0.1) is 6.58 Å². The van der Waals surface area contributed by atoms with E-state index in [0.29, 0.717) is 18.4 Å². The van der Waals surface area contributed by atoms with Gasteiger partial charge in [0, 0.05) is 11.6 Å². The highest BCUT2D eigenvalue weighted by Crippen LogP contribution is 2.16. The smallest absolute Gasteiger partial charge is 0.252 e. The number of rotatable bonds is 6. The summed E-state index contributed by atoms with van der Waals surface area (Å²) >= 11 is 0. The highest BCUT2D eigenvalue weighted by molar-refractivity contribution is 6.07. The number of hydrogen-bond acceptors (Lipinski definition) is 3. The van der Waals surface area contributed by atoms with Crippen molar-refractivity contribution in [2.45, 2.75) is 18.9 Å². The van der Waals surface area contributed by atoms with Gasteiger partial charge in [-0.1, -0.05) is 24.3 Å². The van der Waals surface area contributed by atoms with Crippen LogP contribution in [0.4, 0.5) is 0 Å². The van der Waals surface area contributed by atoms with Crippen LogP contribution >= 0.6 is 0 Å². The van der Waals surface area contributed by atoms with E-state index in [1.54, 1.807) is 18.3 Å². The second kappa shape index (κ2) is 6.65. The number of para-hydroxylation sites is 1. The minimum Gasteiger partial charge on any atom is -0.368 e. The maximum absolute atomic E-state index is 12.4. The number of aromatic nitrogens is 1. The van der Waals surface area contributed by atoms with E-state index in [-0.39, 0.29) is 5.91 Å². The van der Waals surface area contributed by atoms with Gasteiger partial charge >= 0.3 is 0 Å². The molecule has 1 aromatic heterocycles. The van der Waals surface area contributed by atoms with Gasteiger partial charge in [0.05, 0.1) is 11.1 Å². The van der Waals surface area contributed by atoms with Crippen LogP contribution in [0.25, 0.3) is 10.9 Å². The third-order valence-corrected chi connectivity index (χ3v) is 3.20. The topological polar surface area (TPSA) is 85.1 Å². The molecule has 0 aliphatic rings. The number of nitrogens with one attached hydrogen (secondary N) is 1. The Morgan fingerprint density at radius 1 is 1.33 bits per heavy atom. The van der Waals surface area contributed by atoms with Crippen LogP contribution in [0.3, 0.4) is 0 Å². The lowest BCUT2D eigenvalue weighted by molar-refractivity contribution is -0.119. The average Bonchev–Trinajstić information content (AvgIpc) is 2.50. The Kier molecular flexibility index (Phi) is 4.66. The van der Waals surface area contributed by atoms with Crippen molar-refractivity contribution in [3.8, 4) is 0 Å².